The SMILES string of the molecule is CCOC(=O)CCc1ccc(OCCC(=O)O)cc1OCc1ccc(Cl)cc1. The van der Waals surface area contributed by atoms with Gasteiger partial charge in [-0.15, -0.1) is 0 Å². The van der Waals surface area contributed by atoms with E-state index in [1.807, 2.05) is 18.2 Å². The number of carbonyl (C=O) groups excluding carboxylic acids is 1. The number of benzene rings is 2. The van der Waals surface area contributed by atoms with Crippen molar-refractivity contribution >= 4 is 23.5 Å². The highest BCUT2D eigenvalue weighted by Gasteiger charge is 2.11. The highest BCUT2D eigenvalue weighted by atomic mass is 35.5. The maximum atomic E-state index is 11.7. The Morgan fingerprint density at radius 3 is 2.46 bits per heavy atom. The van der Waals surface area contributed by atoms with E-state index < -0.39 is 5.97 Å². The molecule has 7 heteroatoms. The van der Waals surface area contributed by atoms with Gasteiger partial charge in [0.1, 0.15) is 18.1 Å². The van der Waals surface area contributed by atoms with Gasteiger partial charge in [-0.1, -0.05) is 29.8 Å². The predicted octanol–water partition coefficient (Wildman–Crippen LogP) is 4.27. The second-order valence-electron chi connectivity index (χ2n) is 5.98. The lowest BCUT2D eigenvalue weighted by atomic mass is 10.1. The van der Waals surface area contributed by atoms with Gasteiger partial charge in [0.2, 0.25) is 0 Å². The molecule has 2 aromatic carbocycles. The van der Waals surface area contributed by atoms with Crippen LogP contribution in [0.1, 0.15) is 30.9 Å². The van der Waals surface area contributed by atoms with Crippen LogP contribution >= 0.6 is 11.6 Å². The third kappa shape index (κ3) is 7.48. The van der Waals surface area contributed by atoms with Gasteiger partial charge in [-0.25, -0.2) is 0 Å². The minimum absolute atomic E-state index is 0.0636. The van der Waals surface area contributed by atoms with Crippen LogP contribution in [0.5, 0.6) is 11.5 Å². The van der Waals surface area contributed by atoms with E-state index in [2.05, 4.69) is 0 Å². The Labute approximate surface area is 169 Å². The summed E-state index contributed by atoms with van der Waals surface area (Å²) < 4.78 is 16.4. The number of hydrogen-bond donors (Lipinski definition) is 1. The summed E-state index contributed by atoms with van der Waals surface area (Å²) in [7, 11) is 0. The predicted molar refractivity (Wildman–Crippen MR) is 105 cm³/mol. The van der Waals surface area contributed by atoms with Crippen LogP contribution in [-0.2, 0) is 27.4 Å². The van der Waals surface area contributed by atoms with Crippen molar-refractivity contribution in [3.63, 3.8) is 0 Å². The molecule has 0 aliphatic carbocycles. The van der Waals surface area contributed by atoms with Gasteiger partial charge in [0.05, 0.1) is 19.6 Å². The van der Waals surface area contributed by atoms with Crippen LogP contribution in [0.3, 0.4) is 0 Å². The molecule has 0 unspecified atom stereocenters. The van der Waals surface area contributed by atoms with Crippen molar-refractivity contribution in [2.24, 2.45) is 0 Å². The van der Waals surface area contributed by atoms with Crippen molar-refractivity contribution in [3.8, 4) is 11.5 Å². The fraction of sp³-hybridized carbons (Fsp3) is 0.333. The van der Waals surface area contributed by atoms with Gasteiger partial charge in [0.25, 0.3) is 0 Å². The molecule has 0 spiro atoms. The second kappa shape index (κ2) is 11.2. The number of ether oxygens (including phenoxy) is 3. The number of carboxylic acid groups (broad SMARTS) is 1. The minimum atomic E-state index is -0.926. The molecule has 0 atom stereocenters. The van der Waals surface area contributed by atoms with Crippen molar-refractivity contribution in [1.29, 1.82) is 0 Å². The minimum Gasteiger partial charge on any atom is -0.493 e. The summed E-state index contributed by atoms with van der Waals surface area (Å²) in [6.07, 6.45) is 0.611. The van der Waals surface area contributed by atoms with E-state index in [1.54, 1.807) is 31.2 Å². The fourth-order valence-electron chi connectivity index (χ4n) is 2.43. The highest BCUT2D eigenvalue weighted by Crippen LogP contribution is 2.27. The van der Waals surface area contributed by atoms with Crippen LogP contribution in [0.2, 0.25) is 5.02 Å². The number of halogens is 1. The molecule has 2 aromatic rings. The summed E-state index contributed by atoms with van der Waals surface area (Å²) in [5, 5.41) is 9.37. The van der Waals surface area contributed by atoms with E-state index in [4.69, 9.17) is 30.9 Å². The van der Waals surface area contributed by atoms with E-state index in [0.717, 1.165) is 11.1 Å². The Bertz CT molecular complexity index is 788. The van der Waals surface area contributed by atoms with Crippen LogP contribution in [0.15, 0.2) is 42.5 Å². The Kier molecular flexibility index (Phi) is 8.62. The van der Waals surface area contributed by atoms with Crippen molar-refractivity contribution in [1.82, 2.24) is 0 Å². The van der Waals surface area contributed by atoms with Gasteiger partial charge in [0.15, 0.2) is 0 Å². The molecule has 6 nitrogen and oxygen atoms in total. The number of carboxylic acids is 1. The maximum Gasteiger partial charge on any atom is 0.306 e. The van der Waals surface area contributed by atoms with E-state index in [9.17, 15) is 9.59 Å². The zero-order valence-electron chi connectivity index (χ0n) is 15.7. The first kappa shape index (κ1) is 21.6. The van der Waals surface area contributed by atoms with Crippen molar-refractivity contribution < 1.29 is 28.9 Å². The number of hydrogen-bond acceptors (Lipinski definition) is 5. The number of aliphatic carboxylic acids is 1. The molecule has 0 aliphatic rings. The van der Waals surface area contributed by atoms with Gasteiger partial charge < -0.3 is 19.3 Å². The van der Waals surface area contributed by atoms with Crippen LogP contribution in [0, 0.1) is 0 Å². The van der Waals surface area contributed by atoms with Crippen LogP contribution in [0.25, 0.3) is 0 Å². The largest absolute Gasteiger partial charge is 0.493 e. The van der Waals surface area contributed by atoms with Gasteiger partial charge in [-0.3, -0.25) is 9.59 Å². The lowest BCUT2D eigenvalue weighted by Crippen LogP contribution is -2.07. The Hall–Kier alpha value is -2.73. The quantitative estimate of drug-likeness (QED) is 0.561. The molecule has 150 valence electrons. The third-order valence-corrected chi connectivity index (χ3v) is 4.09. The molecule has 1 N–H and O–H groups in total. The summed E-state index contributed by atoms with van der Waals surface area (Å²) in [6.45, 7) is 2.49. The smallest absolute Gasteiger partial charge is 0.306 e. The van der Waals surface area contributed by atoms with E-state index in [0.29, 0.717) is 36.2 Å². The van der Waals surface area contributed by atoms with Gasteiger partial charge in [0, 0.05) is 17.5 Å². The normalized spacial score (nSPS) is 10.4. The summed E-state index contributed by atoms with van der Waals surface area (Å²) >= 11 is 5.90. The number of carbonyl (C=O) groups is 2. The zero-order chi connectivity index (χ0) is 20.4. The summed E-state index contributed by atoms with van der Waals surface area (Å²) in [4.78, 5) is 22.3. The molecule has 2 rings (SSSR count). The first-order chi connectivity index (χ1) is 13.5. The number of rotatable bonds is 11. The first-order valence-electron chi connectivity index (χ1n) is 8.98. The molecule has 0 fully saturated rings. The second-order valence-corrected chi connectivity index (χ2v) is 6.42. The number of esters is 1. The Morgan fingerprint density at radius 2 is 1.79 bits per heavy atom. The van der Waals surface area contributed by atoms with Gasteiger partial charge >= 0.3 is 11.9 Å². The molecule has 0 saturated carbocycles. The monoisotopic (exact) mass is 406 g/mol. The van der Waals surface area contributed by atoms with Crippen molar-refractivity contribution in [3.05, 3.63) is 58.6 Å². The van der Waals surface area contributed by atoms with E-state index in [1.165, 1.54) is 0 Å². The molecular formula is C21H23ClO6. The van der Waals surface area contributed by atoms with Gasteiger partial charge in [-0.2, -0.15) is 0 Å². The van der Waals surface area contributed by atoms with Crippen LogP contribution in [0.4, 0.5) is 0 Å². The Balaban J connectivity index is 2.09. The molecule has 0 amide bonds. The molecule has 0 heterocycles. The molecule has 0 saturated heterocycles. The standard InChI is InChI=1S/C21H23ClO6/c1-2-26-21(25)10-6-16-5-9-18(27-12-11-20(23)24)13-19(16)28-14-15-3-7-17(22)8-4-15/h3-5,7-9,13H,2,6,10-12,14H2,1H3,(H,23,24). The molecule has 0 aromatic heterocycles. The molecular weight excluding hydrogens is 384 g/mol. The lowest BCUT2D eigenvalue weighted by molar-refractivity contribution is -0.143. The average Bonchev–Trinajstić information content (AvgIpc) is 2.66. The van der Waals surface area contributed by atoms with E-state index in [-0.39, 0.29) is 25.4 Å². The molecule has 0 aliphatic heterocycles. The van der Waals surface area contributed by atoms with E-state index >= 15 is 0 Å². The van der Waals surface area contributed by atoms with Gasteiger partial charge in [-0.05, 0) is 42.7 Å². The van der Waals surface area contributed by atoms with Crippen LogP contribution in [-0.4, -0.2) is 30.3 Å². The average molecular weight is 407 g/mol. The highest BCUT2D eigenvalue weighted by molar-refractivity contribution is 6.30. The third-order valence-electron chi connectivity index (χ3n) is 3.83. The zero-order valence-corrected chi connectivity index (χ0v) is 16.4. The first-order valence-corrected chi connectivity index (χ1v) is 9.36. The Morgan fingerprint density at radius 1 is 1.04 bits per heavy atom. The fourth-order valence-corrected chi connectivity index (χ4v) is 2.56. The topological polar surface area (TPSA) is 82.1 Å². The molecule has 28 heavy (non-hydrogen) atoms. The summed E-state index contributed by atoms with van der Waals surface area (Å²) in [6, 6.07) is 12.6. The van der Waals surface area contributed by atoms with Crippen molar-refractivity contribution in [2.45, 2.75) is 32.8 Å². The summed E-state index contributed by atoms with van der Waals surface area (Å²) in [5.74, 6) is -0.113. The molecule has 0 radical (unpaired) electrons. The molecule has 0 bridgehead atoms. The maximum absolute atomic E-state index is 11.7. The van der Waals surface area contributed by atoms with Crippen molar-refractivity contribution in [2.75, 3.05) is 13.2 Å². The lowest BCUT2D eigenvalue weighted by Gasteiger charge is -2.14. The number of aryl methyl sites for hydroxylation is 1. The van der Waals surface area contributed by atoms with Crippen LogP contribution < -0.4 is 9.47 Å². The summed E-state index contributed by atoms with van der Waals surface area (Å²) in [5.41, 5.74) is 1.78.